The lowest BCUT2D eigenvalue weighted by Crippen LogP contribution is -2.42. The van der Waals surface area contributed by atoms with Crippen molar-refractivity contribution >= 4 is 6.03 Å². The molecule has 0 aliphatic heterocycles. The largest absolute Gasteiger partial charge is 0.383 e. The van der Waals surface area contributed by atoms with E-state index in [1.54, 1.807) is 7.11 Å². The van der Waals surface area contributed by atoms with E-state index in [4.69, 9.17) is 4.74 Å². The van der Waals surface area contributed by atoms with Gasteiger partial charge in [0.2, 0.25) is 0 Å². The van der Waals surface area contributed by atoms with Gasteiger partial charge in [-0.15, -0.1) is 0 Å². The number of nitrogens with one attached hydrogen (secondary N) is 2. The maximum atomic E-state index is 11.5. The van der Waals surface area contributed by atoms with Crippen molar-refractivity contribution in [2.24, 2.45) is 5.92 Å². The second kappa shape index (κ2) is 8.32. The molecule has 2 N–H and O–H groups in total. The van der Waals surface area contributed by atoms with Gasteiger partial charge in [0.25, 0.3) is 0 Å². The minimum Gasteiger partial charge on any atom is -0.383 e. The van der Waals surface area contributed by atoms with E-state index in [-0.39, 0.29) is 6.03 Å². The quantitative estimate of drug-likeness (QED) is 0.649. The van der Waals surface area contributed by atoms with Gasteiger partial charge in [0.05, 0.1) is 6.61 Å². The Morgan fingerprint density at radius 1 is 1.33 bits per heavy atom. The molecule has 5 nitrogen and oxygen atoms in total. The molecule has 0 heterocycles. The van der Waals surface area contributed by atoms with Crippen LogP contribution in [0.4, 0.5) is 4.79 Å². The van der Waals surface area contributed by atoms with Crippen LogP contribution >= 0.6 is 0 Å². The van der Waals surface area contributed by atoms with E-state index in [1.165, 1.54) is 12.8 Å². The van der Waals surface area contributed by atoms with Crippen molar-refractivity contribution in [3.63, 3.8) is 0 Å². The number of urea groups is 1. The third-order valence-corrected chi connectivity index (χ3v) is 3.00. The Balaban J connectivity index is 2.08. The maximum Gasteiger partial charge on any atom is 0.314 e. The molecule has 0 unspecified atom stereocenters. The minimum absolute atomic E-state index is 0.0637. The monoisotopic (exact) mass is 257 g/mol. The van der Waals surface area contributed by atoms with E-state index >= 15 is 0 Å². The van der Waals surface area contributed by atoms with Gasteiger partial charge in [-0.3, -0.25) is 4.90 Å². The molecule has 0 atom stereocenters. The summed E-state index contributed by atoms with van der Waals surface area (Å²) in [7, 11) is 1.72. The SMILES string of the molecule is COCCN(CCNC(=O)NCC(C)C)C1CC1. The second-order valence-electron chi connectivity index (χ2n) is 5.29. The summed E-state index contributed by atoms with van der Waals surface area (Å²) in [6.45, 7) is 8.21. The first-order chi connectivity index (χ1) is 8.63. The highest BCUT2D eigenvalue weighted by atomic mass is 16.5. The number of methoxy groups -OCH3 is 1. The van der Waals surface area contributed by atoms with Crippen molar-refractivity contribution in [1.82, 2.24) is 15.5 Å². The van der Waals surface area contributed by atoms with Crippen LogP contribution in [0.1, 0.15) is 26.7 Å². The molecule has 5 heteroatoms. The fraction of sp³-hybridized carbons (Fsp3) is 0.923. The standard InChI is InChI=1S/C13H27N3O2/c1-11(2)10-15-13(17)14-6-7-16(8-9-18-3)12-4-5-12/h11-12H,4-10H2,1-3H3,(H2,14,15,17). The number of hydrogen-bond acceptors (Lipinski definition) is 3. The molecule has 0 radical (unpaired) electrons. The van der Waals surface area contributed by atoms with Crippen LogP contribution in [0, 0.1) is 5.92 Å². The lowest BCUT2D eigenvalue weighted by molar-refractivity contribution is 0.144. The molecule has 1 rings (SSSR count). The Bertz CT molecular complexity index is 242. The van der Waals surface area contributed by atoms with E-state index in [0.29, 0.717) is 18.5 Å². The Labute approximate surface area is 110 Å². The van der Waals surface area contributed by atoms with E-state index in [0.717, 1.165) is 26.2 Å². The topological polar surface area (TPSA) is 53.6 Å². The fourth-order valence-corrected chi connectivity index (χ4v) is 1.80. The normalized spacial score (nSPS) is 15.2. The van der Waals surface area contributed by atoms with E-state index in [2.05, 4.69) is 29.4 Å². The van der Waals surface area contributed by atoms with Crippen molar-refractivity contribution in [3.8, 4) is 0 Å². The summed E-state index contributed by atoms with van der Waals surface area (Å²) < 4.78 is 5.10. The number of carbonyl (C=O) groups is 1. The molecular weight excluding hydrogens is 230 g/mol. The van der Waals surface area contributed by atoms with Crippen LogP contribution in [-0.4, -0.2) is 56.9 Å². The number of nitrogens with zero attached hydrogens (tertiary/aromatic N) is 1. The number of amides is 2. The van der Waals surface area contributed by atoms with Crippen molar-refractivity contribution in [3.05, 3.63) is 0 Å². The summed E-state index contributed by atoms with van der Waals surface area (Å²) >= 11 is 0. The summed E-state index contributed by atoms with van der Waals surface area (Å²) in [5.41, 5.74) is 0. The highest BCUT2D eigenvalue weighted by Gasteiger charge is 2.28. The summed E-state index contributed by atoms with van der Waals surface area (Å²) in [5.74, 6) is 0.486. The molecule has 0 aromatic rings. The highest BCUT2D eigenvalue weighted by Crippen LogP contribution is 2.25. The third kappa shape index (κ3) is 6.81. The van der Waals surface area contributed by atoms with Crippen LogP contribution in [0.2, 0.25) is 0 Å². The number of ether oxygens (including phenoxy) is 1. The molecule has 0 bridgehead atoms. The van der Waals surface area contributed by atoms with Gasteiger partial charge in [0.1, 0.15) is 0 Å². The molecular formula is C13H27N3O2. The third-order valence-electron chi connectivity index (χ3n) is 3.00. The Morgan fingerprint density at radius 3 is 2.61 bits per heavy atom. The predicted octanol–water partition coefficient (Wildman–Crippen LogP) is 1.05. The van der Waals surface area contributed by atoms with Gasteiger partial charge >= 0.3 is 6.03 Å². The Kier molecular flexibility index (Phi) is 7.05. The molecule has 1 aliphatic rings. The summed E-state index contributed by atoms with van der Waals surface area (Å²) in [4.78, 5) is 13.9. The van der Waals surface area contributed by atoms with Gasteiger partial charge in [-0.2, -0.15) is 0 Å². The van der Waals surface area contributed by atoms with Crippen molar-refractivity contribution < 1.29 is 9.53 Å². The summed E-state index contributed by atoms with van der Waals surface area (Å²) in [6, 6.07) is 0.645. The fourth-order valence-electron chi connectivity index (χ4n) is 1.80. The van der Waals surface area contributed by atoms with E-state index in [1.807, 2.05) is 0 Å². The van der Waals surface area contributed by atoms with Crippen LogP contribution in [0.3, 0.4) is 0 Å². The van der Waals surface area contributed by atoms with E-state index in [9.17, 15) is 4.79 Å². The Morgan fingerprint density at radius 2 is 2.06 bits per heavy atom. The van der Waals surface area contributed by atoms with Crippen LogP contribution in [0.5, 0.6) is 0 Å². The maximum absolute atomic E-state index is 11.5. The van der Waals surface area contributed by atoms with Gasteiger partial charge in [-0.1, -0.05) is 13.8 Å². The minimum atomic E-state index is -0.0637. The molecule has 1 fully saturated rings. The molecule has 18 heavy (non-hydrogen) atoms. The molecule has 106 valence electrons. The zero-order valence-corrected chi connectivity index (χ0v) is 11.9. The van der Waals surface area contributed by atoms with Gasteiger partial charge in [-0.25, -0.2) is 4.79 Å². The van der Waals surface area contributed by atoms with Crippen LogP contribution in [0.25, 0.3) is 0 Å². The highest BCUT2D eigenvalue weighted by molar-refractivity contribution is 5.73. The number of hydrogen-bond donors (Lipinski definition) is 2. The average Bonchev–Trinajstić information content (AvgIpc) is 3.15. The first-order valence-corrected chi connectivity index (χ1v) is 6.88. The summed E-state index contributed by atoms with van der Waals surface area (Å²) in [5, 5.41) is 5.75. The molecule has 0 aromatic heterocycles. The van der Waals surface area contributed by atoms with Crippen LogP contribution < -0.4 is 10.6 Å². The lowest BCUT2D eigenvalue weighted by atomic mass is 10.2. The lowest BCUT2D eigenvalue weighted by Gasteiger charge is -2.21. The second-order valence-corrected chi connectivity index (χ2v) is 5.29. The first kappa shape index (κ1) is 15.2. The van der Waals surface area contributed by atoms with E-state index < -0.39 is 0 Å². The molecule has 0 aromatic carbocycles. The Hall–Kier alpha value is -0.810. The zero-order valence-electron chi connectivity index (χ0n) is 11.9. The average molecular weight is 257 g/mol. The van der Waals surface area contributed by atoms with Crippen LogP contribution in [0.15, 0.2) is 0 Å². The van der Waals surface area contributed by atoms with Gasteiger partial charge in [0, 0.05) is 39.3 Å². The zero-order chi connectivity index (χ0) is 13.4. The molecule has 0 saturated heterocycles. The molecule has 1 saturated carbocycles. The smallest absolute Gasteiger partial charge is 0.314 e. The number of carbonyl (C=O) groups excluding carboxylic acids is 1. The molecule has 0 spiro atoms. The summed E-state index contributed by atoms with van der Waals surface area (Å²) in [6.07, 6.45) is 2.56. The van der Waals surface area contributed by atoms with Crippen molar-refractivity contribution in [2.75, 3.05) is 39.9 Å². The van der Waals surface area contributed by atoms with Crippen LogP contribution in [-0.2, 0) is 4.74 Å². The van der Waals surface area contributed by atoms with Crippen molar-refractivity contribution in [2.45, 2.75) is 32.7 Å². The molecule has 1 aliphatic carbocycles. The van der Waals surface area contributed by atoms with Gasteiger partial charge < -0.3 is 15.4 Å². The van der Waals surface area contributed by atoms with Gasteiger partial charge in [-0.05, 0) is 18.8 Å². The number of rotatable bonds is 9. The predicted molar refractivity (Wildman–Crippen MR) is 72.7 cm³/mol. The van der Waals surface area contributed by atoms with Gasteiger partial charge in [0.15, 0.2) is 0 Å². The van der Waals surface area contributed by atoms with Crippen molar-refractivity contribution in [1.29, 1.82) is 0 Å². The first-order valence-electron chi connectivity index (χ1n) is 6.88. The molecule has 2 amide bonds.